The summed E-state index contributed by atoms with van der Waals surface area (Å²) >= 11 is 3.50. The highest BCUT2D eigenvalue weighted by Crippen LogP contribution is 2.28. The Balaban J connectivity index is 2.19. The summed E-state index contributed by atoms with van der Waals surface area (Å²) in [4.78, 5) is 16.4. The molecule has 1 saturated heterocycles. The molecule has 1 fully saturated rings. The molecule has 1 aromatic carbocycles. The van der Waals surface area contributed by atoms with E-state index in [-0.39, 0.29) is 5.78 Å². The van der Waals surface area contributed by atoms with Crippen molar-refractivity contribution in [3.05, 3.63) is 28.2 Å². The van der Waals surface area contributed by atoms with Gasteiger partial charge in [0.25, 0.3) is 0 Å². The fourth-order valence-electron chi connectivity index (χ4n) is 2.69. The molecular weight excluding hydrogens is 304 g/mol. The Labute approximate surface area is 123 Å². The summed E-state index contributed by atoms with van der Waals surface area (Å²) in [5.41, 5.74) is 1.89. The van der Waals surface area contributed by atoms with Crippen molar-refractivity contribution in [2.24, 2.45) is 0 Å². The normalized spacial score (nSPS) is 17.0. The summed E-state index contributed by atoms with van der Waals surface area (Å²) in [6, 6.07) is 6.57. The number of ketones is 1. The van der Waals surface area contributed by atoms with E-state index < -0.39 is 0 Å². The Morgan fingerprint density at radius 3 is 2.47 bits per heavy atom. The van der Waals surface area contributed by atoms with Crippen LogP contribution in [0, 0.1) is 0 Å². The highest BCUT2D eigenvalue weighted by molar-refractivity contribution is 9.10. The number of halogens is 1. The van der Waals surface area contributed by atoms with Gasteiger partial charge in [-0.3, -0.25) is 4.79 Å². The molecule has 1 aliphatic heterocycles. The van der Waals surface area contributed by atoms with Crippen molar-refractivity contribution in [1.82, 2.24) is 4.90 Å². The predicted octanol–water partition coefficient (Wildman–Crippen LogP) is 3.18. The predicted molar refractivity (Wildman–Crippen MR) is 83.1 cm³/mol. The van der Waals surface area contributed by atoms with Crippen molar-refractivity contribution in [1.29, 1.82) is 0 Å². The van der Waals surface area contributed by atoms with E-state index in [0.29, 0.717) is 6.04 Å². The molecule has 104 valence electrons. The number of Topliss-reactive ketones (excluding diaryl/α,β-unsaturated/α-hetero) is 1. The van der Waals surface area contributed by atoms with Crippen LogP contribution in [0.2, 0.25) is 0 Å². The number of nitrogens with zero attached hydrogens (tertiary/aromatic N) is 2. The SMILES string of the molecule is CC(=O)c1ccc(Br)cc1N1CCC(N(C)C)CC1. The lowest BCUT2D eigenvalue weighted by Gasteiger charge is -2.37. The molecule has 3 nitrogen and oxygen atoms in total. The number of carbonyl (C=O) groups is 1. The van der Waals surface area contributed by atoms with Crippen LogP contribution in [-0.2, 0) is 0 Å². The molecule has 1 heterocycles. The Morgan fingerprint density at radius 1 is 1.32 bits per heavy atom. The van der Waals surface area contributed by atoms with Gasteiger partial charge >= 0.3 is 0 Å². The number of anilines is 1. The fourth-order valence-corrected chi connectivity index (χ4v) is 3.04. The first kappa shape index (κ1) is 14.5. The van der Waals surface area contributed by atoms with Gasteiger partial charge in [0, 0.05) is 34.9 Å². The second-order valence-electron chi connectivity index (χ2n) is 5.40. The Bertz CT molecular complexity index is 465. The van der Waals surface area contributed by atoms with E-state index in [2.05, 4.69) is 45.9 Å². The Morgan fingerprint density at radius 2 is 1.95 bits per heavy atom. The molecule has 0 spiro atoms. The van der Waals surface area contributed by atoms with E-state index in [4.69, 9.17) is 0 Å². The van der Waals surface area contributed by atoms with Crippen molar-refractivity contribution < 1.29 is 4.79 Å². The molecule has 0 atom stereocenters. The van der Waals surface area contributed by atoms with Crippen LogP contribution in [0.25, 0.3) is 0 Å². The van der Waals surface area contributed by atoms with E-state index in [1.54, 1.807) is 6.92 Å². The maximum Gasteiger partial charge on any atom is 0.161 e. The van der Waals surface area contributed by atoms with E-state index in [0.717, 1.165) is 41.7 Å². The molecule has 0 aromatic heterocycles. The van der Waals surface area contributed by atoms with E-state index in [9.17, 15) is 4.79 Å². The van der Waals surface area contributed by atoms with Gasteiger partial charge in [0.05, 0.1) is 0 Å². The first-order chi connectivity index (χ1) is 8.99. The second kappa shape index (κ2) is 6.06. The minimum absolute atomic E-state index is 0.136. The molecule has 0 unspecified atom stereocenters. The third-order valence-electron chi connectivity index (χ3n) is 3.87. The molecule has 0 saturated carbocycles. The highest BCUT2D eigenvalue weighted by Gasteiger charge is 2.23. The summed E-state index contributed by atoms with van der Waals surface area (Å²) in [6.45, 7) is 3.67. The largest absolute Gasteiger partial charge is 0.371 e. The first-order valence-corrected chi connectivity index (χ1v) is 7.50. The Kier molecular flexibility index (Phi) is 4.63. The smallest absolute Gasteiger partial charge is 0.161 e. The van der Waals surface area contributed by atoms with Crippen molar-refractivity contribution in [2.45, 2.75) is 25.8 Å². The van der Waals surface area contributed by atoms with Gasteiger partial charge in [-0.05, 0) is 52.1 Å². The fraction of sp³-hybridized carbons (Fsp3) is 0.533. The molecule has 0 bridgehead atoms. The van der Waals surface area contributed by atoms with Gasteiger partial charge in [-0.2, -0.15) is 0 Å². The third-order valence-corrected chi connectivity index (χ3v) is 4.37. The molecule has 0 N–H and O–H groups in total. The van der Waals surface area contributed by atoms with Crippen molar-refractivity contribution in [2.75, 3.05) is 32.1 Å². The lowest BCUT2D eigenvalue weighted by Crippen LogP contribution is -2.42. The van der Waals surface area contributed by atoms with Crippen LogP contribution in [-0.4, -0.2) is 43.9 Å². The number of piperidine rings is 1. The summed E-state index contributed by atoms with van der Waals surface area (Å²) in [5.74, 6) is 0.136. The summed E-state index contributed by atoms with van der Waals surface area (Å²) in [7, 11) is 4.28. The van der Waals surface area contributed by atoms with Gasteiger partial charge in [-0.25, -0.2) is 0 Å². The second-order valence-corrected chi connectivity index (χ2v) is 6.32. The van der Waals surface area contributed by atoms with E-state index in [1.807, 2.05) is 12.1 Å². The lowest BCUT2D eigenvalue weighted by atomic mass is 10.0. The monoisotopic (exact) mass is 324 g/mol. The quantitative estimate of drug-likeness (QED) is 0.798. The molecule has 0 radical (unpaired) electrons. The zero-order valence-electron chi connectivity index (χ0n) is 11.8. The number of benzene rings is 1. The molecule has 0 aliphatic carbocycles. The average Bonchev–Trinajstić information content (AvgIpc) is 2.38. The zero-order valence-corrected chi connectivity index (χ0v) is 13.4. The number of hydrogen-bond acceptors (Lipinski definition) is 3. The van der Waals surface area contributed by atoms with Gasteiger partial charge in [0.15, 0.2) is 5.78 Å². The Hall–Kier alpha value is -0.870. The van der Waals surface area contributed by atoms with Gasteiger partial charge < -0.3 is 9.80 Å². The minimum atomic E-state index is 0.136. The summed E-state index contributed by atoms with van der Waals surface area (Å²) in [5, 5.41) is 0. The minimum Gasteiger partial charge on any atom is -0.371 e. The maximum absolute atomic E-state index is 11.7. The summed E-state index contributed by atoms with van der Waals surface area (Å²) < 4.78 is 1.03. The number of carbonyl (C=O) groups excluding carboxylic acids is 1. The summed E-state index contributed by atoms with van der Waals surface area (Å²) in [6.07, 6.45) is 2.30. The standard InChI is InChI=1S/C15H21BrN2O/c1-11(19)14-5-4-12(16)10-15(14)18-8-6-13(7-9-18)17(2)3/h4-5,10,13H,6-9H2,1-3H3. The molecule has 4 heteroatoms. The molecule has 1 aliphatic rings. The van der Waals surface area contributed by atoms with Crippen LogP contribution in [0.5, 0.6) is 0 Å². The third kappa shape index (κ3) is 3.37. The number of hydrogen-bond donors (Lipinski definition) is 0. The van der Waals surface area contributed by atoms with Crippen LogP contribution >= 0.6 is 15.9 Å². The van der Waals surface area contributed by atoms with Crippen LogP contribution in [0.4, 0.5) is 5.69 Å². The van der Waals surface area contributed by atoms with Crippen LogP contribution in [0.15, 0.2) is 22.7 Å². The highest BCUT2D eigenvalue weighted by atomic mass is 79.9. The molecule has 2 rings (SSSR count). The van der Waals surface area contributed by atoms with Gasteiger partial charge in [0.2, 0.25) is 0 Å². The van der Waals surface area contributed by atoms with Crippen LogP contribution < -0.4 is 4.90 Å². The van der Waals surface area contributed by atoms with Crippen molar-refractivity contribution >= 4 is 27.4 Å². The number of rotatable bonds is 3. The van der Waals surface area contributed by atoms with Crippen molar-refractivity contribution in [3.63, 3.8) is 0 Å². The molecule has 1 aromatic rings. The average molecular weight is 325 g/mol. The van der Waals surface area contributed by atoms with Gasteiger partial charge in [-0.1, -0.05) is 15.9 Å². The van der Waals surface area contributed by atoms with Crippen LogP contribution in [0.3, 0.4) is 0 Å². The first-order valence-electron chi connectivity index (χ1n) is 6.71. The van der Waals surface area contributed by atoms with Crippen molar-refractivity contribution in [3.8, 4) is 0 Å². The maximum atomic E-state index is 11.7. The van der Waals surface area contributed by atoms with Gasteiger partial charge in [-0.15, -0.1) is 0 Å². The van der Waals surface area contributed by atoms with E-state index in [1.165, 1.54) is 0 Å². The topological polar surface area (TPSA) is 23.6 Å². The van der Waals surface area contributed by atoms with Gasteiger partial charge in [0.1, 0.15) is 0 Å². The zero-order chi connectivity index (χ0) is 14.0. The lowest BCUT2D eigenvalue weighted by molar-refractivity contribution is 0.101. The molecular formula is C15H21BrN2O. The van der Waals surface area contributed by atoms with Crippen LogP contribution in [0.1, 0.15) is 30.1 Å². The van der Waals surface area contributed by atoms with E-state index >= 15 is 0 Å². The molecule has 0 amide bonds. The molecule has 19 heavy (non-hydrogen) atoms.